The molecule has 0 saturated carbocycles. The zero-order valence-electron chi connectivity index (χ0n) is 14.8. The largest absolute Gasteiger partial charge is 0.489 e. The zero-order valence-corrected chi connectivity index (χ0v) is 15.6. The highest BCUT2D eigenvalue weighted by molar-refractivity contribution is 7.19. The lowest BCUT2D eigenvalue weighted by atomic mass is 10.1. The van der Waals surface area contributed by atoms with Gasteiger partial charge in [0.2, 0.25) is 0 Å². The van der Waals surface area contributed by atoms with Crippen molar-refractivity contribution in [1.29, 1.82) is 5.26 Å². The van der Waals surface area contributed by atoms with Gasteiger partial charge < -0.3 is 4.74 Å². The summed E-state index contributed by atoms with van der Waals surface area (Å²) in [6, 6.07) is 23.8. The van der Waals surface area contributed by atoms with E-state index in [4.69, 9.17) is 4.74 Å². The molecule has 4 aromatic rings. The number of ether oxygens (including phenoxy) is 1. The van der Waals surface area contributed by atoms with Crippen molar-refractivity contribution in [3.8, 4) is 11.8 Å². The van der Waals surface area contributed by atoms with E-state index in [0.29, 0.717) is 22.9 Å². The average Bonchev–Trinajstić information content (AvgIpc) is 3.16. The van der Waals surface area contributed by atoms with E-state index in [9.17, 15) is 9.65 Å². The number of thiazole rings is 1. The molecule has 3 aromatic carbocycles. The molecule has 0 N–H and O–H groups in total. The van der Waals surface area contributed by atoms with Gasteiger partial charge in [0, 0.05) is 0 Å². The Morgan fingerprint density at radius 2 is 1.79 bits per heavy atom. The van der Waals surface area contributed by atoms with E-state index in [1.54, 1.807) is 12.1 Å². The highest BCUT2D eigenvalue weighted by Crippen LogP contribution is 2.28. The maximum Gasteiger partial charge on any atom is 0.135 e. The van der Waals surface area contributed by atoms with E-state index in [0.717, 1.165) is 21.3 Å². The smallest absolute Gasteiger partial charge is 0.135 e. The lowest BCUT2D eigenvalue weighted by Crippen LogP contribution is -1.95. The van der Waals surface area contributed by atoms with Crippen molar-refractivity contribution in [2.75, 3.05) is 0 Å². The summed E-state index contributed by atoms with van der Waals surface area (Å²) in [7, 11) is 0. The lowest BCUT2D eigenvalue weighted by molar-refractivity contribution is 0.306. The first-order valence-electron chi connectivity index (χ1n) is 8.66. The van der Waals surface area contributed by atoms with E-state index in [-0.39, 0.29) is 5.82 Å². The highest BCUT2D eigenvalue weighted by Gasteiger charge is 2.08. The number of nitriles is 1. The minimum absolute atomic E-state index is 0.263. The Bertz CT molecular complexity index is 1140. The summed E-state index contributed by atoms with van der Waals surface area (Å²) in [4.78, 5) is 4.54. The van der Waals surface area contributed by atoms with Gasteiger partial charge in [-0.2, -0.15) is 5.26 Å². The van der Waals surface area contributed by atoms with Gasteiger partial charge in [-0.3, -0.25) is 0 Å². The van der Waals surface area contributed by atoms with E-state index in [1.807, 2.05) is 54.6 Å². The number of hydrogen-bond acceptors (Lipinski definition) is 4. The molecule has 3 nitrogen and oxygen atoms in total. The summed E-state index contributed by atoms with van der Waals surface area (Å²) in [5, 5.41) is 10.3. The highest BCUT2D eigenvalue weighted by atomic mass is 32.1. The second kappa shape index (κ2) is 8.03. The van der Waals surface area contributed by atoms with Crippen LogP contribution < -0.4 is 4.74 Å². The molecule has 0 unspecified atom stereocenters. The van der Waals surface area contributed by atoms with Gasteiger partial charge >= 0.3 is 0 Å². The minimum Gasteiger partial charge on any atom is -0.489 e. The van der Waals surface area contributed by atoms with Crippen molar-refractivity contribution >= 4 is 33.2 Å². The minimum atomic E-state index is -0.263. The van der Waals surface area contributed by atoms with Crippen molar-refractivity contribution in [2.24, 2.45) is 0 Å². The zero-order chi connectivity index (χ0) is 19.3. The maximum atomic E-state index is 12.9. The van der Waals surface area contributed by atoms with Crippen LogP contribution in [-0.2, 0) is 6.61 Å². The standard InChI is InChI=1S/C23H15FN2OS/c24-19-9-5-17(6-10-19)15-27-20-11-7-16(8-12-20)13-18(14-25)23-26-21-3-1-2-4-22(21)28-23/h1-13H,15H2/b18-13+. The fourth-order valence-electron chi connectivity index (χ4n) is 2.70. The molecule has 0 saturated heterocycles. The van der Waals surface area contributed by atoms with Gasteiger partial charge in [0.25, 0.3) is 0 Å². The Morgan fingerprint density at radius 3 is 2.50 bits per heavy atom. The van der Waals surface area contributed by atoms with E-state index >= 15 is 0 Å². The van der Waals surface area contributed by atoms with Gasteiger partial charge in [-0.1, -0.05) is 36.4 Å². The van der Waals surface area contributed by atoms with Crippen molar-refractivity contribution in [3.05, 3.63) is 94.7 Å². The molecule has 1 aromatic heterocycles. The summed E-state index contributed by atoms with van der Waals surface area (Å²) in [5.74, 6) is 0.446. The number of hydrogen-bond donors (Lipinski definition) is 0. The third-order valence-electron chi connectivity index (χ3n) is 4.15. The van der Waals surface area contributed by atoms with Gasteiger partial charge in [0.15, 0.2) is 0 Å². The quantitative estimate of drug-likeness (QED) is 0.391. The molecule has 0 radical (unpaired) electrons. The van der Waals surface area contributed by atoms with Crippen molar-refractivity contribution in [3.63, 3.8) is 0 Å². The van der Waals surface area contributed by atoms with Crippen molar-refractivity contribution in [2.45, 2.75) is 6.61 Å². The summed E-state index contributed by atoms with van der Waals surface area (Å²) in [6.45, 7) is 0.366. The Hall–Kier alpha value is -3.49. The van der Waals surface area contributed by atoms with E-state index in [1.165, 1.54) is 23.5 Å². The Labute approximate surface area is 166 Å². The molecule has 0 aliphatic rings. The molecule has 4 rings (SSSR count). The average molecular weight is 386 g/mol. The lowest BCUT2D eigenvalue weighted by Gasteiger charge is -2.06. The Kier molecular flexibility index (Phi) is 5.14. The predicted molar refractivity (Wildman–Crippen MR) is 110 cm³/mol. The first-order chi connectivity index (χ1) is 13.7. The molecular formula is C23H15FN2OS. The topological polar surface area (TPSA) is 45.9 Å². The van der Waals surface area contributed by atoms with Crippen LogP contribution in [0.25, 0.3) is 21.9 Å². The molecule has 0 atom stereocenters. The second-order valence-electron chi connectivity index (χ2n) is 6.14. The molecule has 0 aliphatic carbocycles. The summed E-state index contributed by atoms with van der Waals surface area (Å²) in [6.07, 6.45) is 1.82. The van der Waals surface area contributed by atoms with E-state index in [2.05, 4.69) is 11.1 Å². The first kappa shape index (κ1) is 17.9. The first-order valence-corrected chi connectivity index (χ1v) is 9.48. The molecule has 0 aliphatic heterocycles. The van der Waals surface area contributed by atoms with Crippen LogP contribution in [0.5, 0.6) is 5.75 Å². The van der Waals surface area contributed by atoms with Crippen LogP contribution >= 0.6 is 11.3 Å². The molecule has 0 amide bonds. The third kappa shape index (κ3) is 4.08. The van der Waals surface area contributed by atoms with Crippen LogP contribution in [0.4, 0.5) is 4.39 Å². The number of para-hydroxylation sites is 1. The fraction of sp³-hybridized carbons (Fsp3) is 0.0435. The van der Waals surface area contributed by atoms with E-state index < -0.39 is 0 Å². The summed E-state index contributed by atoms with van der Waals surface area (Å²) < 4.78 is 19.7. The number of nitrogens with zero attached hydrogens (tertiary/aromatic N) is 2. The van der Waals surface area contributed by atoms with Crippen molar-refractivity contribution in [1.82, 2.24) is 4.98 Å². The number of aromatic nitrogens is 1. The number of benzene rings is 3. The Morgan fingerprint density at radius 1 is 1.04 bits per heavy atom. The van der Waals surface area contributed by atoms with Gasteiger partial charge in [0.1, 0.15) is 29.3 Å². The van der Waals surface area contributed by atoms with Crippen LogP contribution in [0.2, 0.25) is 0 Å². The van der Waals surface area contributed by atoms with Gasteiger partial charge in [-0.25, -0.2) is 9.37 Å². The van der Waals surface area contributed by atoms with Gasteiger partial charge in [-0.15, -0.1) is 11.3 Å². The number of rotatable bonds is 5. The van der Waals surface area contributed by atoms with Crippen LogP contribution in [0, 0.1) is 17.1 Å². The predicted octanol–water partition coefficient (Wildman–Crippen LogP) is 6.08. The number of fused-ring (bicyclic) bond motifs is 1. The normalized spacial score (nSPS) is 11.4. The molecule has 5 heteroatoms. The molecule has 0 spiro atoms. The maximum absolute atomic E-state index is 12.9. The molecular weight excluding hydrogens is 371 g/mol. The summed E-state index contributed by atoms with van der Waals surface area (Å²) >= 11 is 1.51. The molecule has 28 heavy (non-hydrogen) atoms. The molecule has 0 fully saturated rings. The SMILES string of the molecule is N#C/C(=C\c1ccc(OCc2ccc(F)cc2)cc1)c1nc2ccccc2s1. The molecule has 136 valence electrons. The molecule has 0 bridgehead atoms. The summed E-state index contributed by atoms with van der Waals surface area (Å²) in [5.41, 5.74) is 3.22. The van der Waals surface area contributed by atoms with Gasteiger partial charge in [0.05, 0.1) is 15.8 Å². The van der Waals surface area contributed by atoms with Gasteiger partial charge in [-0.05, 0) is 53.6 Å². The second-order valence-corrected chi connectivity index (χ2v) is 7.17. The molecule has 1 heterocycles. The van der Waals surface area contributed by atoms with Crippen LogP contribution in [0.15, 0.2) is 72.8 Å². The van der Waals surface area contributed by atoms with Crippen LogP contribution in [0.1, 0.15) is 16.1 Å². The monoisotopic (exact) mass is 386 g/mol. The third-order valence-corrected chi connectivity index (χ3v) is 5.22. The van der Waals surface area contributed by atoms with Crippen LogP contribution in [-0.4, -0.2) is 4.98 Å². The Balaban J connectivity index is 1.49. The number of allylic oxidation sites excluding steroid dienone is 1. The fourth-order valence-corrected chi connectivity index (χ4v) is 3.64. The van der Waals surface area contributed by atoms with Crippen molar-refractivity contribution < 1.29 is 9.13 Å². The van der Waals surface area contributed by atoms with Crippen LogP contribution in [0.3, 0.4) is 0 Å². The number of halogens is 1.